The van der Waals surface area contributed by atoms with Crippen LogP contribution >= 0.6 is 0 Å². The molecule has 3 nitrogen and oxygen atoms in total. The maximum absolute atomic E-state index is 9.53. The first-order valence-electron chi connectivity index (χ1n) is 7.54. The second-order valence-electron chi connectivity index (χ2n) is 5.71. The van der Waals surface area contributed by atoms with Crippen LogP contribution in [-0.2, 0) is 6.15 Å². The second-order valence-corrected chi connectivity index (χ2v) is 15.4. The molecule has 1 saturated heterocycles. The predicted octanol–water partition coefficient (Wildman–Crippen LogP) is 3.46. The van der Waals surface area contributed by atoms with Crippen LogP contribution in [0.5, 0.6) is 0 Å². The second kappa shape index (κ2) is 8.07. The van der Waals surface area contributed by atoms with Crippen molar-refractivity contribution in [3.63, 3.8) is 0 Å². The van der Waals surface area contributed by atoms with Gasteiger partial charge in [0.2, 0.25) is 0 Å². The Morgan fingerprint density at radius 2 is 1.50 bits per heavy atom. The predicted molar refractivity (Wildman–Crippen MR) is 76.9 cm³/mol. The van der Waals surface area contributed by atoms with E-state index in [0.29, 0.717) is 0 Å². The third-order valence-electron chi connectivity index (χ3n) is 4.19. The fourth-order valence-electron chi connectivity index (χ4n) is 2.37. The summed E-state index contributed by atoms with van der Waals surface area (Å²) >= 11 is -2.77. The monoisotopic (exact) mass is 366 g/mol. The molecule has 0 amide bonds. The van der Waals surface area contributed by atoms with Gasteiger partial charge in [-0.15, -0.1) is 0 Å². The van der Waals surface area contributed by atoms with Crippen LogP contribution in [-0.4, -0.2) is 44.1 Å². The fraction of sp³-hybridized carbons (Fsp3) is 1.00. The average molecular weight is 365 g/mol. The molecule has 1 aliphatic heterocycles. The molecule has 0 bridgehead atoms. The van der Waals surface area contributed by atoms with Gasteiger partial charge in [0, 0.05) is 0 Å². The van der Waals surface area contributed by atoms with Crippen LogP contribution in [0.15, 0.2) is 0 Å². The molecule has 1 rings (SSSR count). The Kier molecular flexibility index (Phi) is 7.51. The molecule has 0 atom stereocenters. The van der Waals surface area contributed by atoms with Crippen molar-refractivity contribution in [2.24, 2.45) is 5.41 Å². The van der Waals surface area contributed by atoms with Crippen molar-refractivity contribution < 1.29 is 11.3 Å². The van der Waals surface area contributed by atoms with E-state index in [4.69, 9.17) is 6.15 Å². The number of rotatable bonds is 8. The summed E-state index contributed by atoms with van der Waals surface area (Å²) in [7, 11) is 0. The molecule has 18 heavy (non-hydrogen) atoms. The molecule has 1 heterocycles. The van der Waals surface area contributed by atoms with Crippen LogP contribution in [0.4, 0.5) is 0 Å². The van der Waals surface area contributed by atoms with Gasteiger partial charge in [0.15, 0.2) is 0 Å². The van der Waals surface area contributed by atoms with Crippen molar-refractivity contribution in [1.29, 1.82) is 0 Å². The van der Waals surface area contributed by atoms with Crippen LogP contribution in [0.1, 0.15) is 52.9 Å². The van der Waals surface area contributed by atoms with Crippen molar-refractivity contribution >= 4 is 19.2 Å². The first kappa shape index (κ1) is 16.7. The number of hydrogen-bond acceptors (Lipinski definition) is 3. The van der Waals surface area contributed by atoms with E-state index < -0.39 is 19.2 Å². The van der Waals surface area contributed by atoms with E-state index in [0.717, 1.165) is 19.6 Å². The Morgan fingerprint density at radius 3 is 1.83 bits per heavy atom. The van der Waals surface area contributed by atoms with Crippen molar-refractivity contribution in [3.8, 4) is 0 Å². The van der Waals surface area contributed by atoms with Gasteiger partial charge in [-0.25, -0.2) is 0 Å². The topological polar surface area (TPSA) is 38.7 Å². The van der Waals surface area contributed by atoms with Gasteiger partial charge in [-0.2, -0.15) is 0 Å². The van der Waals surface area contributed by atoms with Gasteiger partial charge in [-0.05, 0) is 0 Å². The Balaban J connectivity index is 2.59. The molecule has 0 radical (unpaired) electrons. The summed E-state index contributed by atoms with van der Waals surface area (Å²) in [5.74, 6) is 0. The van der Waals surface area contributed by atoms with Gasteiger partial charge in [0.05, 0.1) is 0 Å². The average Bonchev–Trinajstić information content (AvgIpc) is 2.44. The van der Waals surface area contributed by atoms with Crippen molar-refractivity contribution in [3.05, 3.63) is 0 Å². The van der Waals surface area contributed by atoms with E-state index in [1.54, 1.807) is 0 Å². The Morgan fingerprint density at radius 1 is 1.00 bits per heavy atom. The van der Waals surface area contributed by atoms with E-state index in [1.165, 1.54) is 34.6 Å². The molecule has 1 fully saturated rings. The standard InChI is InChI=1S/C6H12O3.2C4H9.Sn/c1-2-6(3-7,4-8)5-9;2*1-3-4-2;/h7H,2-5H2,1H3;2*1,3-4H2,2H3;/q-2;;;+2. The molecule has 4 heteroatoms. The Labute approximate surface area is 117 Å². The molecule has 0 unspecified atom stereocenters. The molecule has 0 aromatic heterocycles. The summed E-state index contributed by atoms with van der Waals surface area (Å²) in [6.07, 6.45) is 5.84. The minimum absolute atomic E-state index is 0.126. The first-order chi connectivity index (χ1) is 8.66. The first-order valence-corrected chi connectivity index (χ1v) is 13.9. The number of aliphatic hydroxyl groups is 1. The summed E-state index contributed by atoms with van der Waals surface area (Å²) in [6.45, 7) is 8.21. The summed E-state index contributed by atoms with van der Waals surface area (Å²) in [6, 6.07) is 0. The molecule has 108 valence electrons. The normalized spacial score (nSPS) is 22.0. The van der Waals surface area contributed by atoms with Gasteiger partial charge in [-0.3, -0.25) is 0 Å². The van der Waals surface area contributed by atoms with Crippen LogP contribution in [0.25, 0.3) is 0 Å². The minimum atomic E-state index is -2.77. The van der Waals surface area contributed by atoms with Crippen molar-refractivity contribution in [2.45, 2.75) is 61.7 Å². The van der Waals surface area contributed by atoms with Crippen LogP contribution in [0.3, 0.4) is 0 Å². The summed E-state index contributed by atoms with van der Waals surface area (Å²) in [4.78, 5) is 0. The number of hydrogen-bond donors (Lipinski definition) is 1. The van der Waals surface area contributed by atoms with Crippen molar-refractivity contribution in [1.82, 2.24) is 0 Å². The number of aliphatic hydroxyl groups excluding tert-OH is 1. The van der Waals surface area contributed by atoms with E-state index in [1.807, 2.05) is 0 Å². The molecule has 1 N–H and O–H groups in total. The van der Waals surface area contributed by atoms with Gasteiger partial charge in [-0.1, -0.05) is 0 Å². The van der Waals surface area contributed by atoms with E-state index in [2.05, 4.69) is 20.8 Å². The van der Waals surface area contributed by atoms with E-state index >= 15 is 0 Å². The van der Waals surface area contributed by atoms with E-state index in [-0.39, 0.29) is 12.0 Å². The Hall–Kier alpha value is 0.679. The molecule has 1 aliphatic rings. The third-order valence-corrected chi connectivity index (χ3v) is 14.4. The Bertz CT molecular complexity index is 209. The molecule has 0 aromatic carbocycles. The van der Waals surface area contributed by atoms with Crippen LogP contribution < -0.4 is 0 Å². The summed E-state index contributed by atoms with van der Waals surface area (Å²) < 4.78 is 15.0. The zero-order valence-corrected chi connectivity index (χ0v) is 15.2. The molecular formula is C14H30O3Sn. The maximum atomic E-state index is 9.53. The van der Waals surface area contributed by atoms with E-state index in [9.17, 15) is 5.11 Å². The fourth-order valence-corrected chi connectivity index (χ4v) is 13.3. The molecule has 0 saturated carbocycles. The van der Waals surface area contributed by atoms with Crippen LogP contribution in [0, 0.1) is 5.41 Å². The third kappa shape index (κ3) is 4.36. The zero-order valence-electron chi connectivity index (χ0n) is 12.3. The SMILES string of the molecule is CCC[CH2][Sn]1([CH2]CCC)[O]CC(CC)(CO)C[O]1. The van der Waals surface area contributed by atoms with Crippen LogP contribution in [0.2, 0.25) is 8.87 Å². The molecule has 0 aromatic rings. The van der Waals surface area contributed by atoms with Crippen molar-refractivity contribution in [2.75, 3.05) is 19.8 Å². The zero-order chi connectivity index (χ0) is 13.5. The van der Waals surface area contributed by atoms with Gasteiger partial charge < -0.3 is 0 Å². The molecular weight excluding hydrogens is 335 g/mol. The van der Waals surface area contributed by atoms with Gasteiger partial charge in [0.25, 0.3) is 0 Å². The summed E-state index contributed by atoms with van der Waals surface area (Å²) in [5.41, 5.74) is -0.126. The summed E-state index contributed by atoms with van der Waals surface area (Å²) in [5, 5.41) is 9.53. The molecule has 0 spiro atoms. The number of unbranched alkanes of at least 4 members (excludes halogenated alkanes) is 2. The molecule has 0 aliphatic carbocycles. The quantitative estimate of drug-likeness (QED) is 0.670. The van der Waals surface area contributed by atoms with Gasteiger partial charge >= 0.3 is 117 Å². The van der Waals surface area contributed by atoms with Gasteiger partial charge in [0.1, 0.15) is 0 Å².